The molecular formula is C12H13N3O. The highest BCUT2D eigenvalue weighted by Crippen LogP contribution is 2.18. The van der Waals surface area contributed by atoms with Crippen molar-refractivity contribution in [3.8, 4) is 11.6 Å². The Kier molecular flexibility index (Phi) is 3.43. The fourth-order valence-corrected chi connectivity index (χ4v) is 1.40. The molecule has 4 nitrogen and oxygen atoms in total. The summed E-state index contributed by atoms with van der Waals surface area (Å²) in [5.41, 5.74) is 1.17. The third-order valence-electron chi connectivity index (χ3n) is 2.07. The minimum Gasteiger partial charge on any atom is -0.436 e. The van der Waals surface area contributed by atoms with Crippen LogP contribution in [0, 0.1) is 0 Å². The summed E-state index contributed by atoms with van der Waals surface area (Å²) in [6.45, 7) is 2.14. The van der Waals surface area contributed by atoms with E-state index in [2.05, 4.69) is 21.9 Å². The van der Waals surface area contributed by atoms with Crippen molar-refractivity contribution in [1.29, 1.82) is 0 Å². The van der Waals surface area contributed by atoms with Gasteiger partial charge in [0.25, 0.3) is 0 Å². The lowest BCUT2D eigenvalue weighted by Crippen LogP contribution is -1.91. The number of hydrogen-bond donors (Lipinski definition) is 0. The van der Waals surface area contributed by atoms with Gasteiger partial charge in [0.05, 0.1) is 12.4 Å². The molecule has 0 spiro atoms. The maximum absolute atomic E-state index is 5.53. The Labute approximate surface area is 94.4 Å². The summed E-state index contributed by atoms with van der Waals surface area (Å²) in [7, 11) is 0. The quantitative estimate of drug-likeness (QED) is 0.786. The van der Waals surface area contributed by atoms with E-state index in [1.807, 2.05) is 12.3 Å². The molecule has 0 saturated heterocycles. The molecule has 0 aliphatic heterocycles. The lowest BCUT2D eigenvalue weighted by atomic mass is 10.2. The van der Waals surface area contributed by atoms with Crippen LogP contribution in [0.5, 0.6) is 11.6 Å². The Morgan fingerprint density at radius 2 is 2.06 bits per heavy atom. The predicted octanol–water partition coefficient (Wildman–Crippen LogP) is 2.62. The largest absolute Gasteiger partial charge is 0.436 e. The van der Waals surface area contributed by atoms with E-state index in [4.69, 9.17) is 4.74 Å². The molecule has 4 heteroatoms. The van der Waals surface area contributed by atoms with Crippen LogP contribution >= 0.6 is 0 Å². The summed E-state index contributed by atoms with van der Waals surface area (Å²) in [5, 5.41) is 0. The van der Waals surface area contributed by atoms with E-state index in [1.54, 1.807) is 24.8 Å². The molecule has 2 heterocycles. The predicted molar refractivity (Wildman–Crippen MR) is 60.3 cm³/mol. The van der Waals surface area contributed by atoms with Crippen LogP contribution < -0.4 is 4.74 Å². The molecule has 2 rings (SSSR count). The molecule has 82 valence electrons. The second-order valence-electron chi connectivity index (χ2n) is 3.42. The molecule has 16 heavy (non-hydrogen) atoms. The first kappa shape index (κ1) is 10.5. The van der Waals surface area contributed by atoms with Crippen molar-refractivity contribution in [2.24, 2.45) is 0 Å². The summed E-state index contributed by atoms with van der Waals surface area (Å²) in [4.78, 5) is 12.1. The molecule has 2 aromatic rings. The van der Waals surface area contributed by atoms with E-state index in [0.29, 0.717) is 11.6 Å². The van der Waals surface area contributed by atoms with Crippen molar-refractivity contribution in [2.45, 2.75) is 19.8 Å². The first-order valence-corrected chi connectivity index (χ1v) is 5.26. The van der Waals surface area contributed by atoms with Crippen LogP contribution in [0.25, 0.3) is 0 Å². The van der Waals surface area contributed by atoms with E-state index in [0.717, 1.165) is 12.8 Å². The fraction of sp³-hybridized carbons (Fsp3) is 0.250. The third kappa shape index (κ3) is 2.76. The minimum atomic E-state index is 0.484. The average molecular weight is 215 g/mol. The molecule has 0 aromatic carbocycles. The first-order chi connectivity index (χ1) is 7.88. The number of ether oxygens (including phenoxy) is 1. The monoisotopic (exact) mass is 215 g/mol. The normalized spacial score (nSPS) is 10.1. The van der Waals surface area contributed by atoms with Crippen molar-refractivity contribution >= 4 is 0 Å². The van der Waals surface area contributed by atoms with Crippen molar-refractivity contribution < 1.29 is 4.74 Å². The molecule has 0 N–H and O–H groups in total. The highest BCUT2D eigenvalue weighted by atomic mass is 16.5. The minimum absolute atomic E-state index is 0.484. The zero-order valence-corrected chi connectivity index (χ0v) is 9.13. The van der Waals surface area contributed by atoms with Gasteiger partial charge in [0.1, 0.15) is 5.75 Å². The molecule has 0 saturated carbocycles. The number of aromatic nitrogens is 3. The Morgan fingerprint density at radius 3 is 2.81 bits per heavy atom. The summed E-state index contributed by atoms with van der Waals surface area (Å²) >= 11 is 0. The second-order valence-corrected chi connectivity index (χ2v) is 3.42. The van der Waals surface area contributed by atoms with E-state index in [9.17, 15) is 0 Å². The SMILES string of the molecule is CCCc1cncc(Oc2cnccn2)c1. The van der Waals surface area contributed by atoms with Crippen LogP contribution in [0.4, 0.5) is 0 Å². The average Bonchev–Trinajstić information content (AvgIpc) is 2.31. The van der Waals surface area contributed by atoms with E-state index in [-0.39, 0.29) is 0 Å². The van der Waals surface area contributed by atoms with Crippen LogP contribution in [0.15, 0.2) is 37.1 Å². The summed E-state index contributed by atoms with van der Waals surface area (Å²) in [5.74, 6) is 1.18. The zero-order chi connectivity index (χ0) is 11.2. The van der Waals surface area contributed by atoms with Gasteiger partial charge in [0.2, 0.25) is 5.88 Å². The van der Waals surface area contributed by atoms with Crippen molar-refractivity contribution in [2.75, 3.05) is 0 Å². The molecule has 0 amide bonds. The lowest BCUT2D eigenvalue weighted by Gasteiger charge is -2.04. The van der Waals surface area contributed by atoms with Crippen LogP contribution in [0.3, 0.4) is 0 Å². The van der Waals surface area contributed by atoms with Gasteiger partial charge in [-0.15, -0.1) is 0 Å². The summed E-state index contributed by atoms with van der Waals surface area (Å²) < 4.78 is 5.53. The number of hydrogen-bond acceptors (Lipinski definition) is 4. The second kappa shape index (κ2) is 5.21. The molecule has 0 unspecified atom stereocenters. The molecular weight excluding hydrogens is 202 g/mol. The van der Waals surface area contributed by atoms with Gasteiger partial charge in [-0.05, 0) is 18.1 Å². The Bertz CT molecular complexity index is 445. The van der Waals surface area contributed by atoms with Gasteiger partial charge >= 0.3 is 0 Å². The lowest BCUT2D eigenvalue weighted by molar-refractivity contribution is 0.457. The molecule has 0 bridgehead atoms. The molecule has 0 aliphatic rings. The van der Waals surface area contributed by atoms with Gasteiger partial charge in [-0.1, -0.05) is 13.3 Å². The first-order valence-electron chi connectivity index (χ1n) is 5.26. The van der Waals surface area contributed by atoms with Crippen molar-refractivity contribution in [1.82, 2.24) is 15.0 Å². The third-order valence-corrected chi connectivity index (χ3v) is 2.07. The van der Waals surface area contributed by atoms with Crippen LogP contribution in [0.1, 0.15) is 18.9 Å². The van der Waals surface area contributed by atoms with Crippen LogP contribution in [-0.4, -0.2) is 15.0 Å². The van der Waals surface area contributed by atoms with E-state index in [1.165, 1.54) is 5.56 Å². The molecule has 0 fully saturated rings. The topological polar surface area (TPSA) is 47.9 Å². The fourth-order valence-electron chi connectivity index (χ4n) is 1.40. The Morgan fingerprint density at radius 1 is 1.12 bits per heavy atom. The van der Waals surface area contributed by atoms with E-state index >= 15 is 0 Å². The zero-order valence-electron chi connectivity index (χ0n) is 9.13. The van der Waals surface area contributed by atoms with Crippen LogP contribution in [-0.2, 0) is 6.42 Å². The summed E-state index contributed by atoms with van der Waals surface area (Å²) in [6.07, 6.45) is 10.4. The molecule has 2 aromatic heterocycles. The highest BCUT2D eigenvalue weighted by molar-refractivity contribution is 5.26. The Hall–Kier alpha value is -1.97. The number of rotatable bonds is 4. The summed E-state index contributed by atoms with van der Waals surface area (Å²) in [6, 6.07) is 1.98. The van der Waals surface area contributed by atoms with E-state index < -0.39 is 0 Å². The molecule has 0 aliphatic carbocycles. The Balaban J connectivity index is 2.12. The molecule has 0 atom stereocenters. The standard InChI is InChI=1S/C12H13N3O/c1-2-3-10-6-11(8-14-7-10)16-12-9-13-4-5-15-12/h4-9H,2-3H2,1H3. The smallest absolute Gasteiger partial charge is 0.237 e. The number of nitrogens with zero attached hydrogens (tertiary/aromatic N) is 3. The van der Waals surface area contributed by atoms with Gasteiger partial charge in [-0.3, -0.25) is 9.97 Å². The van der Waals surface area contributed by atoms with Gasteiger partial charge in [0.15, 0.2) is 0 Å². The van der Waals surface area contributed by atoms with Crippen molar-refractivity contribution in [3.05, 3.63) is 42.6 Å². The number of aryl methyl sites for hydroxylation is 1. The van der Waals surface area contributed by atoms with Crippen LogP contribution in [0.2, 0.25) is 0 Å². The van der Waals surface area contributed by atoms with Gasteiger partial charge in [-0.2, -0.15) is 0 Å². The van der Waals surface area contributed by atoms with Gasteiger partial charge in [-0.25, -0.2) is 4.98 Å². The van der Waals surface area contributed by atoms with Crippen molar-refractivity contribution in [3.63, 3.8) is 0 Å². The highest BCUT2D eigenvalue weighted by Gasteiger charge is 2.00. The number of pyridine rings is 1. The van der Waals surface area contributed by atoms with Gasteiger partial charge < -0.3 is 4.74 Å². The van der Waals surface area contributed by atoms with Gasteiger partial charge in [0, 0.05) is 18.6 Å². The molecule has 0 radical (unpaired) electrons. The maximum Gasteiger partial charge on any atom is 0.237 e. The maximum atomic E-state index is 5.53.